The zero-order valence-electron chi connectivity index (χ0n) is 68.2. The summed E-state index contributed by atoms with van der Waals surface area (Å²) in [6.07, 6.45) is 4.68. The van der Waals surface area contributed by atoms with Crippen LogP contribution in [0.3, 0.4) is 0 Å². The van der Waals surface area contributed by atoms with E-state index in [0.717, 1.165) is 97.9 Å². The summed E-state index contributed by atoms with van der Waals surface area (Å²) in [7, 11) is 0. The zero-order valence-corrected chi connectivity index (χ0v) is 68.2. The number of carboxylic acids is 1. The minimum Gasteiger partial charge on any atom is -0.480 e. The third-order valence-electron chi connectivity index (χ3n) is 16.8. The summed E-state index contributed by atoms with van der Waals surface area (Å²) in [5.74, 6) is -3.45. The first-order valence-corrected chi connectivity index (χ1v) is 41.4. The van der Waals surface area contributed by atoms with Gasteiger partial charge >= 0.3 is 5.97 Å². The van der Waals surface area contributed by atoms with Crippen molar-refractivity contribution in [2.24, 2.45) is 17.2 Å². The maximum absolute atomic E-state index is 12.2. The SMILES string of the molecule is NCCCC[C@H](NC(=O)CCC(=O)NCCNCCNCCNCCNC(=O)CCC(=O)NCCNCCNCCNCCNC(=O)CCC(=O)NCCNCCNCCNCCNC(=O)CCC(=O)NCCNCCNCCNCCNC(=O)CCC(=O)NCCNCCNCCNCCNC(=O)[C@@H](N)CCCCN)C(=O)O. The molecule has 0 saturated carbocycles. The highest BCUT2D eigenvalue weighted by molar-refractivity contribution is 5.88. The molecule has 0 fully saturated rings. The van der Waals surface area contributed by atoms with Crippen LogP contribution in [0.4, 0.5) is 0 Å². The summed E-state index contributed by atoms with van der Waals surface area (Å²) in [5, 5.41) is 89.0. The number of carbonyl (C=O) groups is 12. The maximum atomic E-state index is 12.2. The molecule has 0 aliphatic rings. The fraction of sp³-hybridized carbons (Fsp3) is 0.833. The number of unbranched alkanes of at least 4 members (excludes halogenated alkanes) is 2. The largest absolute Gasteiger partial charge is 0.480 e. The van der Waals surface area contributed by atoms with Crippen molar-refractivity contribution < 1.29 is 62.6 Å². The predicted molar refractivity (Wildman–Crippen MR) is 443 cm³/mol. The molecule has 2 atom stereocenters. The van der Waals surface area contributed by atoms with Crippen LogP contribution in [0.15, 0.2) is 0 Å². The van der Waals surface area contributed by atoms with E-state index < -0.39 is 24.0 Å². The Morgan fingerprint density at radius 3 is 0.544 bits per heavy atom. The topological polar surface area (TPSA) is 616 Å². The van der Waals surface area contributed by atoms with Crippen molar-refractivity contribution in [1.82, 2.24) is 138 Å². The zero-order chi connectivity index (χ0) is 83.5. The molecule has 0 aliphatic heterocycles. The number of hydrogen-bond donors (Lipinski definition) is 30. The van der Waals surface area contributed by atoms with Gasteiger partial charge in [-0.3, -0.25) is 52.7 Å². The second kappa shape index (κ2) is 82.4. The molecule has 0 saturated heterocycles. The fourth-order valence-corrected chi connectivity index (χ4v) is 10.2. The number of hydrogen-bond acceptors (Lipinski definition) is 30. The van der Waals surface area contributed by atoms with Gasteiger partial charge in [0.1, 0.15) is 6.04 Å². The van der Waals surface area contributed by atoms with Crippen molar-refractivity contribution in [2.45, 2.75) is 115 Å². The molecular formula is C72H151N29O13. The van der Waals surface area contributed by atoms with Crippen molar-refractivity contribution in [3.05, 3.63) is 0 Å². The number of amides is 11. The first-order chi connectivity index (χ1) is 55.5. The van der Waals surface area contributed by atoms with Crippen LogP contribution in [0.2, 0.25) is 0 Å². The second-order valence-electron chi connectivity index (χ2n) is 26.8. The van der Waals surface area contributed by atoms with Crippen LogP contribution in [0.25, 0.3) is 0 Å². The number of carboxylic acid groups (broad SMARTS) is 1. The Labute approximate surface area is 676 Å². The van der Waals surface area contributed by atoms with Crippen molar-refractivity contribution in [1.29, 1.82) is 0 Å². The molecule has 0 aliphatic carbocycles. The Bertz CT molecular complexity index is 2480. The van der Waals surface area contributed by atoms with Gasteiger partial charge in [0.25, 0.3) is 0 Å². The Morgan fingerprint density at radius 1 is 0.211 bits per heavy atom. The van der Waals surface area contributed by atoms with Crippen LogP contribution in [-0.4, -0.2) is 363 Å². The summed E-state index contributed by atoms with van der Waals surface area (Å²) >= 11 is 0. The minimum atomic E-state index is -1.11. The number of nitrogens with two attached hydrogens (primary N) is 3. The third-order valence-corrected chi connectivity index (χ3v) is 16.8. The summed E-state index contributed by atoms with van der Waals surface area (Å²) in [6, 6.07) is -1.48. The molecule has 0 spiro atoms. The lowest BCUT2D eigenvalue weighted by atomic mass is 10.1. The molecule has 0 heterocycles. The van der Waals surface area contributed by atoms with Gasteiger partial charge in [0.2, 0.25) is 65.0 Å². The van der Waals surface area contributed by atoms with E-state index in [2.05, 4.69) is 138 Å². The average molecular weight is 1630 g/mol. The molecule has 0 bridgehead atoms. The smallest absolute Gasteiger partial charge is 0.326 e. The standard InChI is InChI=1S/C72H151N29O13/c73-17-3-1-5-59(75)71(112)100-58-48-90-38-28-80-27-37-88-46-56-98-68(109)14-13-67(108)96-54-44-86-34-24-78-23-33-84-42-52-94-64(105)10-9-63(104)92-50-40-82-30-20-76-19-29-81-39-49-91-61(102)7-8-62(103)93-51-41-83-31-21-77-22-32-85-43-53-95-65(106)11-12-66(107)97-55-45-87-35-25-79-26-36-89-47-57-99-69(110)15-16-70(111)101-60(72(113)114)6-2-4-18-74/h59-60,76-90H,1-58,73-75H2,(H,91,102)(H,92,104)(H,93,103)(H,94,105)(H,95,106)(H,96,108)(H,97,107)(H,98,109)(H,99,110)(H,100,112)(H,101,111)(H,113,114)/t59-,60-/m0/s1. The monoisotopic (exact) mass is 1630 g/mol. The highest BCUT2D eigenvalue weighted by atomic mass is 16.4. The van der Waals surface area contributed by atoms with E-state index in [9.17, 15) is 62.6 Å². The van der Waals surface area contributed by atoms with Crippen LogP contribution in [-0.2, 0) is 57.5 Å². The molecule has 33 N–H and O–H groups in total. The van der Waals surface area contributed by atoms with Crippen molar-refractivity contribution in [2.75, 3.05) is 275 Å². The van der Waals surface area contributed by atoms with E-state index in [4.69, 9.17) is 17.2 Å². The lowest BCUT2D eigenvalue weighted by molar-refractivity contribution is -0.142. The van der Waals surface area contributed by atoms with Crippen molar-refractivity contribution in [3.8, 4) is 0 Å². The van der Waals surface area contributed by atoms with Gasteiger partial charge in [-0.25, -0.2) is 4.79 Å². The Balaban J connectivity index is 3.48. The van der Waals surface area contributed by atoms with Gasteiger partial charge in [-0.05, 0) is 45.2 Å². The third kappa shape index (κ3) is 78.8. The molecular weight excluding hydrogens is 1480 g/mol. The fourth-order valence-electron chi connectivity index (χ4n) is 10.2. The number of nitrogens with one attached hydrogen (secondary N) is 26. The summed E-state index contributed by atoms with van der Waals surface area (Å²) in [6.45, 7) is 26.2. The molecule has 662 valence electrons. The van der Waals surface area contributed by atoms with Gasteiger partial charge in [-0.1, -0.05) is 6.42 Å². The molecule has 0 aromatic carbocycles. The second-order valence-corrected chi connectivity index (χ2v) is 26.8. The molecule has 114 heavy (non-hydrogen) atoms. The van der Waals surface area contributed by atoms with Gasteiger partial charge in [0, 0.05) is 326 Å². The molecule has 11 amide bonds. The van der Waals surface area contributed by atoms with Gasteiger partial charge in [0.05, 0.1) is 6.04 Å². The van der Waals surface area contributed by atoms with Crippen LogP contribution < -0.4 is 155 Å². The van der Waals surface area contributed by atoms with Crippen LogP contribution in [0.1, 0.15) is 103 Å². The Kier molecular flexibility index (Phi) is 77.3. The predicted octanol–water partition coefficient (Wildman–Crippen LogP) is -12.0. The summed E-state index contributed by atoms with van der Waals surface area (Å²) in [4.78, 5) is 145. The molecule has 42 heteroatoms. The summed E-state index contributed by atoms with van der Waals surface area (Å²) in [5.41, 5.74) is 16.8. The van der Waals surface area contributed by atoms with Crippen molar-refractivity contribution >= 4 is 70.9 Å². The van der Waals surface area contributed by atoms with E-state index in [1.807, 2.05) is 0 Å². The average Bonchev–Trinajstić information content (AvgIpc) is 0.951. The molecule has 0 rings (SSSR count). The van der Waals surface area contributed by atoms with Crippen LogP contribution in [0.5, 0.6) is 0 Å². The lowest BCUT2D eigenvalue weighted by Gasteiger charge is -2.14. The van der Waals surface area contributed by atoms with Crippen LogP contribution in [0, 0.1) is 0 Å². The quantitative estimate of drug-likeness (QED) is 0.0251. The van der Waals surface area contributed by atoms with E-state index in [1.54, 1.807) is 0 Å². The van der Waals surface area contributed by atoms with E-state index in [0.29, 0.717) is 209 Å². The van der Waals surface area contributed by atoms with Crippen molar-refractivity contribution in [3.63, 3.8) is 0 Å². The normalized spacial score (nSPS) is 11.6. The molecule has 0 aromatic rings. The van der Waals surface area contributed by atoms with Gasteiger partial charge in [-0.2, -0.15) is 0 Å². The Morgan fingerprint density at radius 2 is 0.368 bits per heavy atom. The molecule has 0 unspecified atom stereocenters. The maximum Gasteiger partial charge on any atom is 0.326 e. The highest BCUT2D eigenvalue weighted by Crippen LogP contribution is 2.03. The van der Waals surface area contributed by atoms with E-state index >= 15 is 0 Å². The Hall–Kier alpha value is -7.08. The first-order valence-electron chi connectivity index (χ1n) is 41.4. The number of aliphatic carboxylic acids is 1. The molecule has 0 radical (unpaired) electrons. The van der Waals surface area contributed by atoms with Gasteiger partial charge in [0.15, 0.2) is 0 Å². The number of rotatable bonds is 86. The van der Waals surface area contributed by atoms with Crippen LogP contribution >= 0.6 is 0 Å². The molecule has 42 nitrogen and oxygen atoms in total. The summed E-state index contributed by atoms with van der Waals surface area (Å²) < 4.78 is 0. The van der Waals surface area contributed by atoms with Gasteiger partial charge < -0.3 is 161 Å². The minimum absolute atomic E-state index is 0.0311. The number of carbonyl (C=O) groups excluding carboxylic acids is 11. The van der Waals surface area contributed by atoms with E-state index in [1.165, 1.54) is 0 Å². The lowest BCUT2D eigenvalue weighted by Crippen LogP contribution is -2.43. The van der Waals surface area contributed by atoms with E-state index in [-0.39, 0.29) is 130 Å². The molecule has 0 aromatic heterocycles. The first kappa shape index (κ1) is 107. The highest BCUT2D eigenvalue weighted by Gasteiger charge is 2.20. The van der Waals surface area contributed by atoms with Gasteiger partial charge in [-0.15, -0.1) is 0 Å².